The van der Waals surface area contributed by atoms with E-state index in [1.165, 1.54) is 6.08 Å². The monoisotopic (exact) mass is 281 g/mol. The third kappa shape index (κ3) is 3.72. The lowest BCUT2D eigenvalue weighted by Crippen LogP contribution is -2.08. The van der Waals surface area contributed by atoms with Gasteiger partial charge in [0.1, 0.15) is 0 Å². The third-order valence-corrected chi connectivity index (χ3v) is 3.38. The fourth-order valence-electron chi connectivity index (χ4n) is 2.16. The van der Waals surface area contributed by atoms with Crippen molar-refractivity contribution in [3.63, 3.8) is 0 Å². The Kier molecular flexibility index (Phi) is 4.43. The maximum Gasteiger partial charge on any atom is 0.328 e. The SMILES string of the molecule is C/C(=C\C(=O)O)c1ccc(-c2cccc(N(C)C)c2)cc1. The quantitative estimate of drug-likeness (QED) is 0.864. The van der Waals surface area contributed by atoms with E-state index in [1.54, 1.807) is 6.92 Å². The highest BCUT2D eigenvalue weighted by atomic mass is 16.4. The molecular formula is C18H19NO2. The van der Waals surface area contributed by atoms with Gasteiger partial charge in [-0.25, -0.2) is 4.79 Å². The fraction of sp³-hybridized carbons (Fsp3) is 0.167. The molecule has 3 heteroatoms. The molecule has 2 aromatic carbocycles. The number of hydrogen-bond donors (Lipinski definition) is 1. The van der Waals surface area contributed by atoms with E-state index >= 15 is 0 Å². The van der Waals surface area contributed by atoms with Gasteiger partial charge in [-0.15, -0.1) is 0 Å². The molecule has 0 spiro atoms. The Hall–Kier alpha value is -2.55. The van der Waals surface area contributed by atoms with Crippen molar-refractivity contribution in [1.29, 1.82) is 0 Å². The van der Waals surface area contributed by atoms with E-state index in [4.69, 9.17) is 5.11 Å². The summed E-state index contributed by atoms with van der Waals surface area (Å²) in [5, 5.41) is 8.78. The van der Waals surface area contributed by atoms with Gasteiger partial charge in [0.15, 0.2) is 0 Å². The molecule has 0 aliphatic rings. The summed E-state index contributed by atoms with van der Waals surface area (Å²) in [6.45, 7) is 1.80. The number of aliphatic carboxylic acids is 1. The van der Waals surface area contributed by atoms with Gasteiger partial charge in [0.05, 0.1) is 0 Å². The lowest BCUT2D eigenvalue weighted by molar-refractivity contribution is -0.131. The van der Waals surface area contributed by atoms with E-state index < -0.39 is 5.97 Å². The lowest BCUT2D eigenvalue weighted by Gasteiger charge is -2.13. The Labute approximate surface area is 125 Å². The standard InChI is InChI=1S/C18H19NO2/c1-13(11-18(20)21)14-7-9-15(10-8-14)16-5-4-6-17(12-16)19(2)3/h4-12H,1-3H3,(H,20,21)/b13-11+. The molecule has 3 nitrogen and oxygen atoms in total. The highest BCUT2D eigenvalue weighted by Gasteiger charge is 2.03. The van der Waals surface area contributed by atoms with E-state index in [0.29, 0.717) is 0 Å². The molecule has 0 unspecified atom stereocenters. The summed E-state index contributed by atoms with van der Waals surface area (Å²) >= 11 is 0. The molecule has 0 fully saturated rings. The second-order valence-corrected chi connectivity index (χ2v) is 5.19. The van der Waals surface area contributed by atoms with E-state index in [-0.39, 0.29) is 0 Å². The molecule has 0 aromatic heterocycles. The highest BCUT2D eigenvalue weighted by Crippen LogP contribution is 2.25. The van der Waals surface area contributed by atoms with E-state index in [0.717, 1.165) is 28.0 Å². The zero-order valence-corrected chi connectivity index (χ0v) is 12.5. The van der Waals surface area contributed by atoms with Gasteiger partial charge >= 0.3 is 5.97 Å². The Morgan fingerprint density at radius 3 is 2.29 bits per heavy atom. The summed E-state index contributed by atoms with van der Waals surface area (Å²) in [5.41, 5.74) is 5.08. The van der Waals surface area contributed by atoms with Crippen LogP contribution in [0.4, 0.5) is 5.69 Å². The smallest absolute Gasteiger partial charge is 0.328 e. The van der Waals surface area contributed by atoms with Crippen LogP contribution in [0.5, 0.6) is 0 Å². The summed E-state index contributed by atoms with van der Waals surface area (Å²) < 4.78 is 0. The minimum Gasteiger partial charge on any atom is -0.478 e. The van der Waals surface area contributed by atoms with Crippen LogP contribution in [0.1, 0.15) is 12.5 Å². The van der Waals surface area contributed by atoms with Crippen molar-refractivity contribution in [3.8, 4) is 11.1 Å². The lowest BCUT2D eigenvalue weighted by atomic mass is 10.0. The van der Waals surface area contributed by atoms with Crippen LogP contribution in [0, 0.1) is 0 Å². The number of anilines is 1. The Morgan fingerprint density at radius 1 is 1.05 bits per heavy atom. The first-order valence-corrected chi connectivity index (χ1v) is 6.77. The fourth-order valence-corrected chi connectivity index (χ4v) is 2.16. The summed E-state index contributed by atoms with van der Waals surface area (Å²) in [6.07, 6.45) is 1.22. The number of benzene rings is 2. The molecular weight excluding hydrogens is 262 g/mol. The van der Waals surface area contributed by atoms with Gasteiger partial charge in [-0.2, -0.15) is 0 Å². The molecule has 2 aromatic rings. The molecule has 0 radical (unpaired) electrons. The maximum atomic E-state index is 10.7. The first kappa shape index (κ1) is 14.9. The van der Waals surface area contributed by atoms with Crippen LogP contribution in [0.3, 0.4) is 0 Å². The van der Waals surface area contributed by atoms with Crippen molar-refractivity contribution in [3.05, 3.63) is 60.2 Å². The molecule has 0 atom stereocenters. The molecule has 2 rings (SSSR count). The van der Waals surface area contributed by atoms with Crippen LogP contribution in [-0.4, -0.2) is 25.2 Å². The Bertz CT molecular complexity index is 670. The molecule has 0 aliphatic heterocycles. The predicted octanol–water partition coefficient (Wildman–Crippen LogP) is 3.91. The number of allylic oxidation sites excluding steroid dienone is 1. The van der Waals surface area contributed by atoms with Crippen molar-refractivity contribution in [2.75, 3.05) is 19.0 Å². The normalized spacial score (nSPS) is 11.3. The van der Waals surface area contributed by atoms with E-state index in [9.17, 15) is 4.79 Å². The number of carboxylic acids is 1. The summed E-state index contributed by atoms with van der Waals surface area (Å²) in [5.74, 6) is -0.921. The zero-order valence-electron chi connectivity index (χ0n) is 12.5. The van der Waals surface area contributed by atoms with Gasteiger partial charge < -0.3 is 10.0 Å². The molecule has 0 amide bonds. The van der Waals surface area contributed by atoms with Crippen LogP contribution in [-0.2, 0) is 4.79 Å². The van der Waals surface area contributed by atoms with Crippen LogP contribution < -0.4 is 4.90 Å². The van der Waals surface area contributed by atoms with Crippen molar-refractivity contribution in [2.45, 2.75) is 6.92 Å². The van der Waals surface area contributed by atoms with Crippen molar-refractivity contribution in [2.24, 2.45) is 0 Å². The predicted molar refractivity (Wildman–Crippen MR) is 87.5 cm³/mol. The molecule has 0 heterocycles. The molecule has 108 valence electrons. The van der Waals surface area contributed by atoms with Crippen molar-refractivity contribution >= 4 is 17.2 Å². The highest BCUT2D eigenvalue weighted by molar-refractivity contribution is 5.89. The van der Waals surface area contributed by atoms with Gasteiger partial charge in [-0.05, 0) is 41.3 Å². The number of carboxylic acid groups (broad SMARTS) is 1. The van der Waals surface area contributed by atoms with Crippen LogP contribution in [0.25, 0.3) is 16.7 Å². The third-order valence-electron chi connectivity index (χ3n) is 3.38. The minimum atomic E-state index is -0.921. The molecule has 0 aliphatic carbocycles. The van der Waals surface area contributed by atoms with Gasteiger partial charge in [-0.3, -0.25) is 0 Å². The topological polar surface area (TPSA) is 40.5 Å². The molecule has 0 saturated carbocycles. The van der Waals surface area contributed by atoms with Crippen LogP contribution in [0.2, 0.25) is 0 Å². The maximum absolute atomic E-state index is 10.7. The molecule has 1 N–H and O–H groups in total. The Morgan fingerprint density at radius 2 is 1.71 bits per heavy atom. The number of hydrogen-bond acceptors (Lipinski definition) is 2. The van der Waals surface area contributed by atoms with Gasteiger partial charge in [0, 0.05) is 25.9 Å². The Balaban J connectivity index is 2.31. The summed E-state index contributed by atoms with van der Waals surface area (Å²) in [4.78, 5) is 12.8. The second kappa shape index (κ2) is 6.27. The van der Waals surface area contributed by atoms with Crippen LogP contribution in [0.15, 0.2) is 54.6 Å². The zero-order chi connectivity index (χ0) is 15.4. The summed E-state index contributed by atoms with van der Waals surface area (Å²) in [6, 6.07) is 16.2. The first-order valence-electron chi connectivity index (χ1n) is 6.77. The number of carbonyl (C=O) groups is 1. The molecule has 21 heavy (non-hydrogen) atoms. The van der Waals surface area contributed by atoms with Gasteiger partial charge in [0.25, 0.3) is 0 Å². The average Bonchev–Trinajstić information content (AvgIpc) is 2.47. The van der Waals surface area contributed by atoms with E-state index in [2.05, 4.69) is 23.1 Å². The minimum absolute atomic E-state index is 0.746. The molecule has 0 saturated heterocycles. The van der Waals surface area contributed by atoms with Crippen molar-refractivity contribution in [1.82, 2.24) is 0 Å². The molecule has 0 bridgehead atoms. The van der Waals surface area contributed by atoms with Gasteiger partial charge in [0.2, 0.25) is 0 Å². The summed E-state index contributed by atoms with van der Waals surface area (Å²) in [7, 11) is 4.03. The van der Waals surface area contributed by atoms with Crippen LogP contribution >= 0.6 is 0 Å². The van der Waals surface area contributed by atoms with E-state index in [1.807, 2.05) is 44.4 Å². The van der Waals surface area contributed by atoms with Crippen molar-refractivity contribution < 1.29 is 9.90 Å². The second-order valence-electron chi connectivity index (χ2n) is 5.19. The van der Waals surface area contributed by atoms with Gasteiger partial charge in [-0.1, -0.05) is 36.4 Å². The first-order chi connectivity index (χ1) is 9.97. The largest absolute Gasteiger partial charge is 0.478 e. The number of nitrogens with zero attached hydrogens (tertiary/aromatic N) is 1. The average molecular weight is 281 g/mol. The number of rotatable bonds is 4.